The molecule has 0 aliphatic heterocycles. The van der Waals surface area contributed by atoms with Crippen molar-refractivity contribution in [3.63, 3.8) is 0 Å². The molecule has 1 saturated carbocycles. The molecule has 0 amide bonds. The summed E-state index contributed by atoms with van der Waals surface area (Å²) in [6.45, 7) is 0.555. The third kappa shape index (κ3) is 2.61. The summed E-state index contributed by atoms with van der Waals surface area (Å²) in [5, 5.41) is 3.32. The van der Waals surface area contributed by atoms with Crippen LogP contribution in [0.5, 0.6) is 5.75 Å². The summed E-state index contributed by atoms with van der Waals surface area (Å²) in [5.41, 5.74) is 0.773. The van der Waals surface area contributed by atoms with E-state index in [1.165, 1.54) is 12.1 Å². The van der Waals surface area contributed by atoms with Gasteiger partial charge in [0.25, 0.3) is 0 Å². The summed E-state index contributed by atoms with van der Waals surface area (Å²) < 4.78 is 18.8. The molecule has 2 nitrogen and oxygen atoms in total. The van der Waals surface area contributed by atoms with Crippen molar-refractivity contribution < 1.29 is 9.13 Å². The molecule has 0 radical (unpaired) electrons. The first-order chi connectivity index (χ1) is 7.20. The molecule has 0 heterocycles. The molecular weight excluding hydrogens is 217 g/mol. The maximum Gasteiger partial charge on any atom is 0.142 e. The third-order valence-corrected chi connectivity index (χ3v) is 2.54. The Morgan fingerprint density at radius 3 is 2.87 bits per heavy atom. The number of hydrogen-bond acceptors (Lipinski definition) is 2. The van der Waals surface area contributed by atoms with Crippen LogP contribution >= 0.6 is 11.6 Å². The first-order valence-electron chi connectivity index (χ1n) is 5.00. The highest BCUT2D eigenvalue weighted by atomic mass is 35.5. The highest BCUT2D eigenvalue weighted by molar-refractivity contribution is 6.32. The lowest BCUT2D eigenvalue weighted by Gasteiger charge is -2.12. The minimum atomic E-state index is -0.326. The first kappa shape index (κ1) is 10.7. The summed E-state index contributed by atoms with van der Waals surface area (Å²) >= 11 is 5.95. The van der Waals surface area contributed by atoms with Gasteiger partial charge in [0.2, 0.25) is 0 Å². The molecule has 1 aromatic carbocycles. The largest absolute Gasteiger partial charge is 0.489 e. The molecule has 0 spiro atoms. The number of halogens is 2. The predicted octanol–water partition coefficient (Wildman–Crippen LogP) is 2.74. The Morgan fingerprint density at radius 1 is 1.53 bits per heavy atom. The zero-order chi connectivity index (χ0) is 10.8. The predicted molar refractivity (Wildman–Crippen MR) is 57.8 cm³/mol. The lowest BCUT2D eigenvalue weighted by atomic mass is 10.2. The van der Waals surface area contributed by atoms with Gasteiger partial charge in [-0.15, -0.1) is 0 Å². The van der Waals surface area contributed by atoms with Crippen LogP contribution in [0.15, 0.2) is 12.1 Å². The lowest BCUT2D eigenvalue weighted by Crippen LogP contribution is -2.09. The molecule has 0 aromatic heterocycles. The van der Waals surface area contributed by atoms with Gasteiger partial charge in [-0.3, -0.25) is 0 Å². The lowest BCUT2D eigenvalue weighted by molar-refractivity contribution is 0.299. The van der Waals surface area contributed by atoms with E-state index < -0.39 is 0 Å². The van der Waals surface area contributed by atoms with Gasteiger partial charge >= 0.3 is 0 Å². The molecule has 2 rings (SSSR count). The van der Waals surface area contributed by atoms with Crippen LogP contribution in [0.4, 0.5) is 4.39 Å². The van der Waals surface area contributed by atoms with Gasteiger partial charge in [-0.05, 0) is 32.0 Å². The van der Waals surface area contributed by atoms with Crippen molar-refractivity contribution in [2.75, 3.05) is 7.05 Å². The van der Waals surface area contributed by atoms with Gasteiger partial charge < -0.3 is 10.1 Å². The molecular formula is C11H13ClFNO. The number of ether oxygens (including phenoxy) is 1. The Hall–Kier alpha value is -0.800. The average Bonchev–Trinajstić information content (AvgIpc) is 2.95. The fraction of sp³-hybridized carbons (Fsp3) is 0.455. The summed E-state index contributed by atoms with van der Waals surface area (Å²) in [6.07, 6.45) is 2.39. The smallest absolute Gasteiger partial charge is 0.142 e. The van der Waals surface area contributed by atoms with E-state index >= 15 is 0 Å². The van der Waals surface area contributed by atoms with Crippen LogP contribution in [0.2, 0.25) is 5.02 Å². The van der Waals surface area contributed by atoms with Crippen molar-refractivity contribution in [3.05, 3.63) is 28.5 Å². The van der Waals surface area contributed by atoms with E-state index in [1.54, 1.807) is 7.05 Å². The van der Waals surface area contributed by atoms with Crippen molar-refractivity contribution in [2.24, 2.45) is 0 Å². The quantitative estimate of drug-likeness (QED) is 0.857. The van der Waals surface area contributed by atoms with Gasteiger partial charge in [0.15, 0.2) is 0 Å². The highest BCUT2D eigenvalue weighted by Gasteiger charge is 2.25. The van der Waals surface area contributed by atoms with E-state index in [1.807, 2.05) is 0 Å². The molecule has 4 heteroatoms. The minimum absolute atomic E-state index is 0.267. The summed E-state index contributed by atoms with van der Waals surface area (Å²) in [4.78, 5) is 0. The van der Waals surface area contributed by atoms with Gasteiger partial charge in [0.1, 0.15) is 11.6 Å². The summed E-state index contributed by atoms with van der Waals surface area (Å²) in [7, 11) is 1.81. The maximum absolute atomic E-state index is 13.1. The first-order valence-corrected chi connectivity index (χ1v) is 5.37. The van der Waals surface area contributed by atoms with Gasteiger partial charge in [0, 0.05) is 12.1 Å². The molecule has 1 aliphatic carbocycles. The van der Waals surface area contributed by atoms with Crippen LogP contribution in [0.1, 0.15) is 18.4 Å². The standard InChI is InChI=1S/C11H13ClFNO/c1-14-6-7-4-8(13)5-10(12)11(7)15-9-2-3-9/h4-5,9,14H,2-3,6H2,1H3. The van der Waals surface area contributed by atoms with E-state index in [2.05, 4.69) is 5.32 Å². The molecule has 1 N–H and O–H groups in total. The molecule has 0 bridgehead atoms. The Bertz CT molecular complexity index is 366. The highest BCUT2D eigenvalue weighted by Crippen LogP contribution is 2.35. The molecule has 0 unspecified atom stereocenters. The minimum Gasteiger partial charge on any atom is -0.489 e. The molecule has 15 heavy (non-hydrogen) atoms. The van der Waals surface area contributed by atoms with Crippen LogP contribution in [0.3, 0.4) is 0 Å². The van der Waals surface area contributed by atoms with Crippen LogP contribution in [0, 0.1) is 5.82 Å². The topological polar surface area (TPSA) is 21.3 Å². The number of nitrogens with one attached hydrogen (secondary N) is 1. The van der Waals surface area contributed by atoms with Gasteiger partial charge in [-0.1, -0.05) is 11.6 Å². The summed E-state index contributed by atoms with van der Waals surface area (Å²) in [6, 6.07) is 2.75. The van der Waals surface area contributed by atoms with E-state index in [0.717, 1.165) is 18.4 Å². The molecule has 82 valence electrons. The molecule has 1 aliphatic rings. The van der Waals surface area contributed by atoms with E-state index in [-0.39, 0.29) is 11.9 Å². The van der Waals surface area contributed by atoms with Crippen molar-refractivity contribution in [2.45, 2.75) is 25.5 Å². The van der Waals surface area contributed by atoms with Crippen molar-refractivity contribution >= 4 is 11.6 Å². The monoisotopic (exact) mass is 229 g/mol. The molecule has 1 fully saturated rings. The average molecular weight is 230 g/mol. The van der Waals surface area contributed by atoms with Crippen molar-refractivity contribution in [1.82, 2.24) is 5.32 Å². The Balaban J connectivity index is 2.29. The Morgan fingerprint density at radius 2 is 2.27 bits per heavy atom. The zero-order valence-electron chi connectivity index (χ0n) is 8.52. The SMILES string of the molecule is CNCc1cc(F)cc(Cl)c1OC1CC1. The van der Waals surface area contributed by atoms with Crippen molar-refractivity contribution in [3.8, 4) is 5.75 Å². The molecule has 0 saturated heterocycles. The van der Waals surface area contributed by atoms with E-state index in [0.29, 0.717) is 17.3 Å². The number of rotatable bonds is 4. The summed E-state index contributed by atoms with van der Waals surface area (Å²) in [5.74, 6) is 0.295. The maximum atomic E-state index is 13.1. The fourth-order valence-corrected chi connectivity index (χ4v) is 1.69. The molecule has 1 aromatic rings. The van der Waals surface area contributed by atoms with E-state index in [9.17, 15) is 4.39 Å². The normalized spacial score (nSPS) is 15.4. The second-order valence-corrected chi connectivity index (χ2v) is 4.13. The zero-order valence-corrected chi connectivity index (χ0v) is 9.27. The number of hydrogen-bond donors (Lipinski definition) is 1. The fourth-order valence-electron chi connectivity index (χ4n) is 1.42. The van der Waals surface area contributed by atoms with Crippen LogP contribution in [0.25, 0.3) is 0 Å². The van der Waals surface area contributed by atoms with Gasteiger partial charge in [0.05, 0.1) is 11.1 Å². The Labute approximate surface area is 93.4 Å². The van der Waals surface area contributed by atoms with Crippen LogP contribution in [-0.4, -0.2) is 13.2 Å². The van der Waals surface area contributed by atoms with Crippen molar-refractivity contribution in [1.29, 1.82) is 0 Å². The van der Waals surface area contributed by atoms with Gasteiger partial charge in [-0.2, -0.15) is 0 Å². The molecule has 0 atom stereocenters. The second kappa shape index (κ2) is 4.37. The third-order valence-electron chi connectivity index (χ3n) is 2.26. The number of benzene rings is 1. The van der Waals surface area contributed by atoms with Crippen LogP contribution in [-0.2, 0) is 6.54 Å². The van der Waals surface area contributed by atoms with E-state index in [4.69, 9.17) is 16.3 Å². The van der Waals surface area contributed by atoms with Crippen LogP contribution < -0.4 is 10.1 Å². The Kier molecular flexibility index (Phi) is 3.12. The van der Waals surface area contributed by atoms with Gasteiger partial charge in [-0.25, -0.2) is 4.39 Å². The second-order valence-electron chi connectivity index (χ2n) is 3.72.